The Hall–Kier alpha value is -2.95. The molecule has 0 radical (unpaired) electrons. The number of aromatic amines is 1. The van der Waals surface area contributed by atoms with Gasteiger partial charge in [-0.15, -0.1) is 34.4 Å². The number of thiophene rings is 2. The lowest BCUT2D eigenvalue weighted by Crippen LogP contribution is -2.22. The molecule has 0 spiro atoms. The molecule has 31 heavy (non-hydrogen) atoms. The first-order chi connectivity index (χ1) is 15.1. The van der Waals surface area contributed by atoms with Crippen LogP contribution in [0.3, 0.4) is 0 Å². The molecule has 4 aromatic rings. The highest BCUT2D eigenvalue weighted by molar-refractivity contribution is 7.99. The van der Waals surface area contributed by atoms with E-state index in [-0.39, 0.29) is 23.1 Å². The van der Waals surface area contributed by atoms with Gasteiger partial charge in [0.25, 0.3) is 11.5 Å². The van der Waals surface area contributed by atoms with Crippen molar-refractivity contribution in [3.8, 4) is 10.4 Å². The Morgan fingerprint density at radius 1 is 1.16 bits per heavy atom. The van der Waals surface area contributed by atoms with E-state index in [9.17, 15) is 14.4 Å². The Morgan fingerprint density at radius 2 is 2.00 bits per heavy atom. The number of carbonyl (C=O) groups excluding carboxylic acids is 2. The van der Waals surface area contributed by atoms with Crippen LogP contribution < -0.4 is 16.2 Å². The predicted octanol–water partition coefficient (Wildman–Crippen LogP) is 3.94. The number of benzene rings is 1. The van der Waals surface area contributed by atoms with Crippen molar-refractivity contribution in [1.82, 2.24) is 15.3 Å². The van der Waals surface area contributed by atoms with Crippen molar-refractivity contribution >= 4 is 62.2 Å². The zero-order valence-corrected chi connectivity index (χ0v) is 18.9. The van der Waals surface area contributed by atoms with Crippen LogP contribution in [0.5, 0.6) is 0 Å². The highest BCUT2D eigenvalue weighted by Gasteiger charge is 2.15. The van der Waals surface area contributed by atoms with E-state index in [4.69, 9.17) is 0 Å². The number of H-pyrrole nitrogens is 1. The maximum Gasteiger partial charge on any atom is 0.260 e. The van der Waals surface area contributed by atoms with Crippen molar-refractivity contribution in [3.05, 3.63) is 68.9 Å². The summed E-state index contributed by atoms with van der Waals surface area (Å²) in [6.07, 6.45) is 0. The normalized spacial score (nSPS) is 10.9. The molecule has 0 saturated heterocycles. The second-order valence-electron chi connectivity index (χ2n) is 6.49. The van der Waals surface area contributed by atoms with Gasteiger partial charge in [0, 0.05) is 22.9 Å². The van der Waals surface area contributed by atoms with E-state index in [0.717, 1.165) is 10.4 Å². The Labute approximate surface area is 189 Å². The van der Waals surface area contributed by atoms with Crippen molar-refractivity contribution in [2.24, 2.45) is 0 Å². The number of thioether (sulfide) groups is 1. The summed E-state index contributed by atoms with van der Waals surface area (Å²) >= 11 is 4.36. The lowest BCUT2D eigenvalue weighted by Gasteiger charge is -2.09. The van der Waals surface area contributed by atoms with Crippen LogP contribution in [0, 0.1) is 0 Å². The predicted molar refractivity (Wildman–Crippen MR) is 128 cm³/mol. The summed E-state index contributed by atoms with van der Waals surface area (Å²) in [4.78, 5) is 46.0. The minimum absolute atomic E-state index is 0.161. The van der Waals surface area contributed by atoms with Gasteiger partial charge in [0.2, 0.25) is 5.91 Å². The second-order valence-corrected chi connectivity index (χ2v) is 9.28. The highest BCUT2D eigenvalue weighted by atomic mass is 32.2. The second kappa shape index (κ2) is 9.46. The van der Waals surface area contributed by atoms with Gasteiger partial charge < -0.3 is 15.6 Å². The summed E-state index contributed by atoms with van der Waals surface area (Å²) in [6.45, 7) is 0. The lowest BCUT2D eigenvalue weighted by molar-refractivity contribution is -0.113. The van der Waals surface area contributed by atoms with Gasteiger partial charge >= 0.3 is 0 Å². The molecular weight excluding hydrogens is 452 g/mol. The zero-order chi connectivity index (χ0) is 21.8. The third-order valence-electron chi connectivity index (χ3n) is 4.42. The molecule has 0 aliphatic heterocycles. The minimum Gasteiger partial charge on any atom is -0.355 e. The number of hydrogen-bond acceptors (Lipinski definition) is 7. The first kappa shape index (κ1) is 21.3. The quantitative estimate of drug-likeness (QED) is 0.379. The molecule has 2 amide bonds. The highest BCUT2D eigenvalue weighted by Crippen LogP contribution is 2.33. The molecule has 0 bridgehead atoms. The molecule has 10 heteroatoms. The zero-order valence-electron chi connectivity index (χ0n) is 16.4. The molecule has 0 aliphatic carbocycles. The number of aromatic nitrogens is 2. The van der Waals surface area contributed by atoms with Crippen LogP contribution in [-0.2, 0) is 10.5 Å². The molecule has 3 heterocycles. The van der Waals surface area contributed by atoms with Gasteiger partial charge in [-0.05, 0) is 23.6 Å². The fourth-order valence-electron chi connectivity index (χ4n) is 3.03. The Bertz CT molecular complexity index is 1290. The van der Waals surface area contributed by atoms with Gasteiger partial charge in [0.05, 0.1) is 28.1 Å². The van der Waals surface area contributed by atoms with Crippen LogP contribution in [0.25, 0.3) is 20.7 Å². The summed E-state index contributed by atoms with van der Waals surface area (Å²) in [5.41, 5.74) is 1.59. The van der Waals surface area contributed by atoms with Crippen molar-refractivity contribution in [3.63, 3.8) is 0 Å². The topological polar surface area (TPSA) is 104 Å². The summed E-state index contributed by atoms with van der Waals surface area (Å²) in [5.74, 6) is 0.578. The third kappa shape index (κ3) is 4.71. The number of hydrogen-bond donors (Lipinski definition) is 3. The van der Waals surface area contributed by atoms with E-state index in [2.05, 4.69) is 20.6 Å². The van der Waals surface area contributed by atoms with E-state index in [0.29, 0.717) is 33.0 Å². The van der Waals surface area contributed by atoms with Crippen LogP contribution >= 0.6 is 34.4 Å². The maximum absolute atomic E-state index is 12.6. The van der Waals surface area contributed by atoms with Crippen molar-refractivity contribution in [2.45, 2.75) is 5.75 Å². The van der Waals surface area contributed by atoms with Gasteiger partial charge in [-0.1, -0.05) is 18.2 Å². The van der Waals surface area contributed by atoms with E-state index in [1.165, 1.54) is 23.1 Å². The van der Waals surface area contributed by atoms with Gasteiger partial charge in [-0.25, -0.2) is 4.98 Å². The maximum atomic E-state index is 12.6. The molecule has 0 unspecified atom stereocenters. The molecule has 0 atom stereocenters. The number of nitrogens with one attached hydrogen (secondary N) is 3. The largest absolute Gasteiger partial charge is 0.355 e. The average molecular weight is 471 g/mol. The first-order valence-corrected chi connectivity index (χ1v) is 12.2. The number of amides is 2. The Morgan fingerprint density at radius 3 is 2.77 bits per heavy atom. The molecule has 3 aromatic heterocycles. The number of rotatable bonds is 7. The monoisotopic (exact) mass is 470 g/mol. The van der Waals surface area contributed by atoms with Crippen molar-refractivity contribution < 1.29 is 9.59 Å². The average Bonchev–Trinajstić information content (AvgIpc) is 3.43. The van der Waals surface area contributed by atoms with Crippen LogP contribution in [-0.4, -0.2) is 34.6 Å². The van der Waals surface area contributed by atoms with E-state index in [1.54, 1.807) is 42.6 Å². The molecule has 0 fully saturated rings. The SMILES string of the molecule is CNC(=O)c1ccccc1NC(=O)CSCc1nc2scc(-c3cccs3)c2c(=O)[nH]1. The number of carbonyl (C=O) groups is 2. The van der Waals surface area contributed by atoms with Gasteiger partial charge in [0.15, 0.2) is 0 Å². The van der Waals surface area contributed by atoms with E-state index < -0.39 is 0 Å². The van der Waals surface area contributed by atoms with Gasteiger partial charge in [-0.2, -0.15) is 0 Å². The third-order valence-corrected chi connectivity index (χ3v) is 7.14. The smallest absolute Gasteiger partial charge is 0.260 e. The van der Waals surface area contributed by atoms with Crippen LogP contribution in [0.15, 0.2) is 52.0 Å². The van der Waals surface area contributed by atoms with Gasteiger partial charge in [0.1, 0.15) is 10.7 Å². The number of fused-ring (bicyclic) bond motifs is 1. The first-order valence-electron chi connectivity index (χ1n) is 9.30. The molecule has 0 aliphatic rings. The fraction of sp³-hybridized carbons (Fsp3) is 0.143. The summed E-state index contributed by atoms with van der Waals surface area (Å²) in [6, 6.07) is 10.8. The lowest BCUT2D eigenvalue weighted by atomic mass is 10.1. The number of anilines is 1. The molecule has 7 nitrogen and oxygen atoms in total. The van der Waals surface area contributed by atoms with Crippen LogP contribution in [0.4, 0.5) is 5.69 Å². The van der Waals surface area contributed by atoms with Crippen LogP contribution in [0.2, 0.25) is 0 Å². The molecule has 4 rings (SSSR count). The Balaban J connectivity index is 1.41. The fourth-order valence-corrected chi connectivity index (χ4v) is 5.50. The van der Waals surface area contributed by atoms with E-state index >= 15 is 0 Å². The van der Waals surface area contributed by atoms with Crippen molar-refractivity contribution in [1.29, 1.82) is 0 Å². The molecular formula is C21H18N4O3S3. The number of para-hydroxylation sites is 1. The molecule has 158 valence electrons. The summed E-state index contributed by atoms with van der Waals surface area (Å²) in [7, 11) is 1.54. The van der Waals surface area contributed by atoms with Crippen molar-refractivity contribution in [2.75, 3.05) is 18.1 Å². The summed E-state index contributed by atoms with van der Waals surface area (Å²) in [5, 5.41) is 9.85. The molecule has 0 saturated carbocycles. The molecule has 3 N–H and O–H groups in total. The van der Waals surface area contributed by atoms with Gasteiger partial charge in [-0.3, -0.25) is 14.4 Å². The van der Waals surface area contributed by atoms with Crippen LogP contribution in [0.1, 0.15) is 16.2 Å². The van der Waals surface area contributed by atoms with E-state index in [1.807, 2.05) is 22.9 Å². The minimum atomic E-state index is -0.267. The Kier molecular flexibility index (Phi) is 6.50. The standard InChI is InChI=1S/C21H18N4O3S3/c1-22-19(27)12-5-2-3-6-14(12)23-17(26)11-29-10-16-24-20(28)18-13(9-31-21(18)25-16)15-7-4-8-30-15/h2-9H,10-11H2,1H3,(H,22,27)(H,23,26)(H,24,25,28). The summed E-state index contributed by atoms with van der Waals surface area (Å²) < 4.78 is 0. The molecule has 1 aromatic carbocycles. The number of nitrogens with zero attached hydrogens (tertiary/aromatic N) is 1.